The number of nitrogens with zero attached hydrogens (tertiary/aromatic N) is 1. The van der Waals surface area contributed by atoms with E-state index in [9.17, 15) is 32.4 Å². The zero-order valence-electron chi connectivity index (χ0n) is 30.9. The fourth-order valence-corrected chi connectivity index (χ4v) is 7.80. The molecule has 13 heteroatoms. The first-order chi connectivity index (χ1) is 23.1. The Kier molecular flexibility index (Phi) is 14.7. The Morgan fingerprint density at radius 3 is 2.08 bits per heavy atom. The van der Waals surface area contributed by atoms with Gasteiger partial charge in [0.25, 0.3) is 5.91 Å². The van der Waals surface area contributed by atoms with Gasteiger partial charge in [-0.1, -0.05) is 52.2 Å². The number of carbonyl (C=O) groups excluding carboxylic acids is 5. The quantitative estimate of drug-likeness (QED) is 0.0927. The van der Waals surface area contributed by atoms with Crippen LogP contribution in [0.5, 0.6) is 0 Å². The van der Waals surface area contributed by atoms with Gasteiger partial charge in [-0.3, -0.25) is 19.2 Å². The number of terminal acetylenes is 2. The molecule has 1 aliphatic carbocycles. The highest BCUT2D eigenvalue weighted by atomic mass is 32.2. The van der Waals surface area contributed by atoms with E-state index in [2.05, 4.69) is 39.7 Å². The maximum Gasteiger partial charge on any atom is 0.315 e. The van der Waals surface area contributed by atoms with Crippen LogP contribution in [0.15, 0.2) is 12.2 Å². The lowest BCUT2D eigenvalue weighted by atomic mass is 9.83. The SMILES string of the molecule is C#CCCNC(=O)C(=O)C(CCC#C)NC(=O)[C@@H]1CC(C(=C)C)CN1C(=O)[C@@H](NC(=O)NC1(CS(=O)(=O)C(C)(C)C)CCCCC1)C(C)(C)C. The van der Waals surface area contributed by atoms with Gasteiger partial charge in [-0.15, -0.1) is 24.7 Å². The lowest BCUT2D eigenvalue weighted by molar-refractivity contribution is -0.143. The van der Waals surface area contributed by atoms with Gasteiger partial charge in [0.2, 0.25) is 17.6 Å². The molecule has 0 spiro atoms. The van der Waals surface area contributed by atoms with Crippen LogP contribution in [0.2, 0.25) is 0 Å². The molecule has 5 amide bonds. The molecule has 2 unspecified atom stereocenters. The third-order valence-corrected chi connectivity index (χ3v) is 12.3. The summed E-state index contributed by atoms with van der Waals surface area (Å²) in [6.45, 7) is 16.3. The van der Waals surface area contributed by atoms with Crippen LogP contribution in [0.1, 0.15) is 106 Å². The molecule has 0 radical (unpaired) electrons. The van der Waals surface area contributed by atoms with E-state index in [1.54, 1.807) is 48.5 Å². The minimum Gasteiger partial charge on any atom is -0.348 e. The summed E-state index contributed by atoms with van der Waals surface area (Å²) in [5, 5.41) is 10.9. The second-order valence-corrected chi connectivity index (χ2v) is 18.5. The molecule has 1 heterocycles. The summed E-state index contributed by atoms with van der Waals surface area (Å²) >= 11 is 0. The van der Waals surface area contributed by atoms with Crippen molar-refractivity contribution in [1.82, 2.24) is 26.2 Å². The third kappa shape index (κ3) is 11.3. The lowest BCUT2D eigenvalue weighted by Gasteiger charge is -2.41. The van der Waals surface area contributed by atoms with Crippen LogP contribution in [-0.2, 0) is 29.0 Å². The number of likely N-dealkylation sites (tertiary alicyclic amines) is 1. The second-order valence-electron chi connectivity index (χ2n) is 15.8. The number of Topliss-reactive ketones (excluding diaryl/α,β-unsaturated/α-hetero) is 1. The van der Waals surface area contributed by atoms with Gasteiger partial charge in [-0.05, 0) is 64.7 Å². The summed E-state index contributed by atoms with van der Waals surface area (Å²) in [6.07, 6.45) is 14.6. The molecule has 278 valence electrons. The number of nitrogens with one attached hydrogen (secondary N) is 4. The molecule has 50 heavy (non-hydrogen) atoms. The Bertz CT molecular complexity index is 1490. The van der Waals surface area contributed by atoms with E-state index in [1.165, 1.54) is 4.90 Å². The van der Waals surface area contributed by atoms with Gasteiger partial charge >= 0.3 is 6.03 Å². The van der Waals surface area contributed by atoms with Crippen molar-refractivity contribution in [1.29, 1.82) is 0 Å². The van der Waals surface area contributed by atoms with Gasteiger partial charge in [0.05, 0.1) is 22.1 Å². The normalized spacial score (nSPS) is 20.3. The number of amides is 5. The average molecular weight is 716 g/mol. The molecule has 0 aromatic carbocycles. The van der Waals surface area contributed by atoms with Crippen LogP contribution in [-0.4, -0.2) is 90.1 Å². The van der Waals surface area contributed by atoms with Crippen LogP contribution in [0.4, 0.5) is 4.79 Å². The number of carbonyl (C=O) groups is 5. The number of sulfone groups is 1. The van der Waals surface area contributed by atoms with Crippen LogP contribution in [0.3, 0.4) is 0 Å². The van der Waals surface area contributed by atoms with Crippen molar-refractivity contribution in [3.8, 4) is 24.7 Å². The first-order valence-corrected chi connectivity index (χ1v) is 19.0. The summed E-state index contributed by atoms with van der Waals surface area (Å²) in [5.41, 5.74) is -1.06. The molecule has 2 rings (SSSR count). The van der Waals surface area contributed by atoms with Gasteiger partial charge in [-0.25, -0.2) is 13.2 Å². The van der Waals surface area contributed by atoms with Crippen molar-refractivity contribution in [3.63, 3.8) is 0 Å². The molecule has 2 aliphatic rings. The minimum atomic E-state index is -3.59. The van der Waals surface area contributed by atoms with E-state index < -0.39 is 73.2 Å². The maximum absolute atomic E-state index is 14.4. The Balaban J connectivity index is 2.37. The highest BCUT2D eigenvalue weighted by molar-refractivity contribution is 7.92. The summed E-state index contributed by atoms with van der Waals surface area (Å²) in [5.74, 6) is 1.38. The summed E-state index contributed by atoms with van der Waals surface area (Å²) in [4.78, 5) is 68.9. The molecule has 0 aromatic rings. The summed E-state index contributed by atoms with van der Waals surface area (Å²) in [7, 11) is -3.59. The van der Waals surface area contributed by atoms with Crippen molar-refractivity contribution in [2.24, 2.45) is 11.3 Å². The molecule has 1 saturated carbocycles. The van der Waals surface area contributed by atoms with E-state index in [0.29, 0.717) is 12.8 Å². The Labute approximate surface area is 299 Å². The Hall–Kier alpha value is -3.84. The molecule has 0 bridgehead atoms. The molecule has 12 nitrogen and oxygen atoms in total. The van der Waals surface area contributed by atoms with Gasteiger partial charge in [-0.2, -0.15) is 0 Å². The molecular formula is C37H57N5O7S. The van der Waals surface area contributed by atoms with E-state index in [4.69, 9.17) is 12.8 Å². The van der Waals surface area contributed by atoms with E-state index in [0.717, 1.165) is 24.8 Å². The van der Waals surface area contributed by atoms with Gasteiger partial charge in [0, 0.05) is 25.9 Å². The fourth-order valence-electron chi connectivity index (χ4n) is 6.28. The first kappa shape index (κ1) is 42.3. The largest absolute Gasteiger partial charge is 0.348 e. The summed E-state index contributed by atoms with van der Waals surface area (Å²) < 4.78 is 25.6. The molecule has 1 aliphatic heterocycles. The molecule has 0 aromatic heterocycles. The fraction of sp³-hybridized carbons (Fsp3) is 0.703. The number of rotatable bonds is 14. The molecular weight excluding hydrogens is 659 g/mol. The first-order valence-electron chi connectivity index (χ1n) is 17.4. The summed E-state index contributed by atoms with van der Waals surface area (Å²) in [6, 6.07) is -4.05. The second kappa shape index (κ2) is 17.4. The topological polar surface area (TPSA) is 171 Å². The van der Waals surface area contributed by atoms with Gasteiger partial charge in [0.1, 0.15) is 12.1 Å². The van der Waals surface area contributed by atoms with Crippen molar-refractivity contribution in [2.75, 3.05) is 18.8 Å². The standard InChI is InChI=1S/C37H57N5O7S/c1-11-13-18-27(29(43)32(45)38-21-14-12-2)39-31(44)28-22-26(25(3)4)23-42(28)33(46)30(35(5,6)7)40-34(47)41-37(19-16-15-17-20-37)24-50(48,49)36(8,9)10/h1-2,26-28,30H,3,13-24H2,4-10H3,(H,38,45)(H,39,44)(H2,40,41,47)/t26?,27?,28-,30+/m0/s1. The number of urea groups is 1. The zero-order valence-corrected chi connectivity index (χ0v) is 31.7. The van der Waals surface area contributed by atoms with Gasteiger partial charge < -0.3 is 26.2 Å². The smallest absolute Gasteiger partial charge is 0.315 e. The van der Waals surface area contributed by atoms with E-state index >= 15 is 0 Å². The lowest BCUT2D eigenvalue weighted by Crippen LogP contribution is -2.63. The highest BCUT2D eigenvalue weighted by Crippen LogP contribution is 2.34. The van der Waals surface area contributed by atoms with Crippen molar-refractivity contribution in [2.45, 2.75) is 135 Å². The van der Waals surface area contributed by atoms with Crippen molar-refractivity contribution in [3.05, 3.63) is 12.2 Å². The molecule has 1 saturated heterocycles. The van der Waals surface area contributed by atoms with E-state index in [1.807, 2.05) is 0 Å². The predicted molar refractivity (Wildman–Crippen MR) is 194 cm³/mol. The average Bonchev–Trinajstić information content (AvgIpc) is 3.46. The van der Waals surface area contributed by atoms with Crippen LogP contribution >= 0.6 is 0 Å². The van der Waals surface area contributed by atoms with Crippen LogP contribution < -0.4 is 21.3 Å². The van der Waals surface area contributed by atoms with Crippen LogP contribution in [0.25, 0.3) is 0 Å². The van der Waals surface area contributed by atoms with Gasteiger partial charge in [0.15, 0.2) is 9.84 Å². The monoisotopic (exact) mass is 715 g/mol. The van der Waals surface area contributed by atoms with E-state index in [-0.39, 0.29) is 50.4 Å². The predicted octanol–water partition coefficient (Wildman–Crippen LogP) is 3.02. The number of hydrogen-bond donors (Lipinski definition) is 4. The molecule has 4 atom stereocenters. The molecule has 2 fully saturated rings. The van der Waals surface area contributed by atoms with Crippen molar-refractivity contribution >= 4 is 39.4 Å². The highest BCUT2D eigenvalue weighted by Gasteiger charge is 2.47. The third-order valence-electron chi connectivity index (χ3n) is 9.55. The Morgan fingerprint density at radius 2 is 1.56 bits per heavy atom. The number of hydrogen-bond acceptors (Lipinski definition) is 7. The number of ketones is 1. The Morgan fingerprint density at radius 1 is 0.960 bits per heavy atom. The maximum atomic E-state index is 14.4. The zero-order chi connectivity index (χ0) is 38.1. The van der Waals surface area contributed by atoms with Crippen molar-refractivity contribution < 1.29 is 32.4 Å². The molecule has 4 N–H and O–H groups in total. The van der Waals surface area contributed by atoms with Crippen LogP contribution in [0, 0.1) is 36.0 Å². The minimum absolute atomic E-state index is 0.00718.